The number of halogens is 4. The van der Waals surface area contributed by atoms with Crippen molar-refractivity contribution in [1.29, 1.82) is 0 Å². The number of nitrogens with zero attached hydrogens (tertiary/aromatic N) is 3. The Morgan fingerprint density at radius 2 is 1.71 bits per heavy atom. The van der Waals surface area contributed by atoms with Crippen LogP contribution in [0, 0.1) is 11.8 Å². The van der Waals surface area contributed by atoms with Crippen LogP contribution in [-0.4, -0.2) is 38.9 Å². The summed E-state index contributed by atoms with van der Waals surface area (Å²) in [7, 11) is 1.94. The number of fused-ring (bicyclic) bond motifs is 1. The van der Waals surface area contributed by atoms with Crippen molar-refractivity contribution in [2.45, 2.75) is 37.4 Å². The second kappa shape index (κ2) is 8.54. The average molecular weight is 519 g/mol. The molecular weight excluding hydrogens is 493 g/mol. The largest absolute Gasteiger partial charge is 0.402 e. The van der Waals surface area contributed by atoms with E-state index in [2.05, 4.69) is 29.0 Å². The molecule has 1 aliphatic heterocycles. The molecule has 1 aromatic heterocycles. The number of benzene rings is 2. The van der Waals surface area contributed by atoms with E-state index in [0.717, 1.165) is 60.3 Å². The molecule has 0 radical (unpaired) electrons. The molecular formula is C26H26ClF3N4S. The molecule has 1 N–H and O–H groups in total. The maximum atomic E-state index is 13.0. The van der Waals surface area contributed by atoms with E-state index in [0.29, 0.717) is 23.4 Å². The Bertz CT molecular complexity index is 1260. The minimum Gasteiger partial charge on any atom is -0.267 e. The van der Waals surface area contributed by atoms with Crippen LogP contribution in [-0.2, 0) is 19.9 Å². The van der Waals surface area contributed by atoms with Crippen molar-refractivity contribution in [1.82, 2.24) is 18.8 Å². The van der Waals surface area contributed by atoms with Gasteiger partial charge in [0.2, 0.25) is 0 Å². The van der Waals surface area contributed by atoms with Gasteiger partial charge in [0.1, 0.15) is 6.54 Å². The van der Waals surface area contributed by atoms with Crippen LogP contribution in [0.3, 0.4) is 0 Å². The number of hydrogen-bond acceptors (Lipinski definition) is 4. The molecule has 3 aliphatic rings. The lowest BCUT2D eigenvalue weighted by atomic mass is 9.79. The summed E-state index contributed by atoms with van der Waals surface area (Å²) in [4.78, 5) is 0. The first kappa shape index (κ1) is 23.4. The Labute approximate surface area is 212 Å². The highest BCUT2D eigenvalue weighted by Crippen LogP contribution is 2.52. The van der Waals surface area contributed by atoms with Gasteiger partial charge in [-0.15, -0.1) is 0 Å². The summed E-state index contributed by atoms with van der Waals surface area (Å²) in [5.74, 6) is 0.666. The van der Waals surface area contributed by atoms with Crippen LogP contribution in [0.1, 0.15) is 24.0 Å². The lowest BCUT2D eigenvalue weighted by Crippen LogP contribution is -2.51. The Morgan fingerprint density at radius 3 is 2.43 bits per heavy atom. The lowest BCUT2D eigenvalue weighted by molar-refractivity contribution is -0.135. The Morgan fingerprint density at radius 1 is 1.03 bits per heavy atom. The van der Waals surface area contributed by atoms with Crippen molar-refractivity contribution < 1.29 is 13.2 Å². The van der Waals surface area contributed by atoms with E-state index in [1.54, 1.807) is 0 Å². The summed E-state index contributed by atoms with van der Waals surface area (Å²) in [5.41, 5.74) is 6.40. The molecule has 0 amide bonds. The molecule has 3 atom stereocenters. The number of aryl methyl sites for hydroxylation is 1. The molecule has 1 saturated carbocycles. The van der Waals surface area contributed by atoms with Gasteiger partial charge in [-0.2, -0.15) is 18.3 Å². The van der Waals surface area contributed by atoms with Crippen molar-refractivity contribution >= 4 is 23.7 Å². The van der Waals surface area contributed by atoms with E-state index in [9.17, 15) is 13.2 Å². The molecule has 2 aromatic carbocycles. The van der Waals surface area contributed by atoms with Crippen LogP contribution in [0.25, 0.3) is 22.5 Å². The topological polar surface area (TPSA) is 33.1 Å². The zero-order chi connectivity index (χ0) is 24.4. The molecule has 4 nitrogen and oxygen atoms in total. The third kappa shape index (κ3) is 4.28. The number of rotatable bonds is 3. The molecule has 1 saturated heterocycles. The zero-order valence-electron chi connectivity index (χ0n) is 19.3. The van der Waals surface area contributed by atoms with Gasteiger partial charge < -0.3 is 0 Å². The van der Waals surface area contributed by atoms with Gasteiger partial charge in [-0.05, 0) is 78.5 Å². The van der Waals surface area contributed by atoms with Crippen LogP contribution in [0.15, 0.2) is 48.5 Å². The van der Waals surface area contributed by atoms with Gasteiger partial charge in [-0.25, -0.2) is 9.03 Å². The first-order valence-corrected chi connectivity index (χ1v) is 13.0. The predicted molar refractivity (Wildman–Crippen MR) is 134 cm³/mol. The fourth-order valence-electron chi connectivity index (χ4n) is 6.24. The van der Waals surface area contributed by atoms with E-state index in [-0.39, 0.29) is 5.54 Å². The van der Waals surface area contributed by atoms with E-state index in [4.69, 9.17) is 16.7 Å². The van der Waals surface area contributed by atoms with Crippen molar-refractivity contribution in [3.05, 3.63) is 64.7 Å². The predicted octanol–water partition coefficient (Wildman–Crippen LogP) is 6.30. The highest BCUT2D eigenvalue weighted by atomic mass is 35.5. The van der Waals surface area contributed by atoms with Crippen LogP contribution in [0.2, 0.25) is 5.02 Å². The fourth-order valence-corrected chi connectivity index (χ4v) is 7.55. The van der Waals surface area contributed by atoms with Crippen molar-refractivity contribution in [2.75, 3.05) is 13.1 Å². The maximum Gasteiger partial charge on any atom is 0.402 e. The summed E-state index contributed by atoms with van der Waals surface area (Å²) in [6, 6.07) is 16.4. The maximum absolute atomic E-state index is 13.0. The van der Waals surface area contributed by atoms with Crippen molar-refractivity contribution in [2.24, 2.45) is 18.9 Å². The van der Waals surface area contributed by atoms with Crippen LogP contribution >= 0.6 is 23.7 Å². The first-order valence-electron chi connectivity index (χ1n) is 11.9. The van der Waals surface area contributed by atoms with E-state index < -0.39 is 12.7 Å². The van der Waals surface area contributed by atoms with E-state index in [1.165, 1.54) is 15.4 Å². The quantitative estimate of drug-likeness (QED) is 0.412. The summed E-state index contributed by atoms with van der Waals surface area (Å²) < 4.78 is 45.9. The molecule has 2 fully saturated rings. The third-order valence-electron chi connectivity index (χ3n) is 7.93. The third-order valence-corrected chi connectivity index (χ3v) is 9.17. The normalized spacial score (nSPS) is 26.3. The number of aromatic nitrogens is 2. The molecule has 3 aromatic rings. The highest BCUT2D eigenvalue weighted by Gasteiger charge is 2.56. The molecule has 6 rings (SSSR count). The summed E-state index contributed by atoms with van der Waals surface area (Å²) in [5, 5.41) is 5.47. The molecule has 184 valence electrons. The van der Waals surface area contributed by atoms with Gasteiger partial charge in [0.15, 0.2) is 0 Å². The van der Waals surface area contributed by atoms with Crippen LogP contribution in [0.4, 0.5) is 13.2 Å². The number of hydrogen-bond donors (Lipinski definition) is 1. The molecule has 9 heteroatoms. The zero-order valence-corrected chi connectivity index (χ0v) is 20.9. The average Bonchev–Trinajstić information content (AvgIpc) is 3.44. The van der Waals surface area contributed by atoms with Gasteiger partial charge in [0.05, 0.1) is 11.4 Å². The Hall–Kier alpha value is -2.00. The molecule has 0 unspecified atom stereocenters. The van der Waals surface area contributed by atoms with Gasteiger partial charge >= 0.3 is 6.18 Å². The van der Waals surface area contributed by atoms with Gasteiger partial charge in [-0.3, -0.25) is 4.68 Å². The molecule has 1 spiro atoms. The highest BCUT2D eigenvalue weighted by molar-refractivity contribution is 7.95. The van der Waals surface area contributed by atoms with Gasteiger partial charge in [0, 0.05) is 41.9 Å². The van der Waals surface area contributed by atoms with Crippen molar-refractivity contribution in [3.63, 3.8) is 0 Å². The van der Waals surface area contributed by atoms with Crippen LogP contribution in [0.5, 0.6) is 0 Å². The SMILES string of the molecule is Cn1nc(-c2ccc3c(c2)C[C@H]2CC[C@@H](C3)[C@]23CN(CC(F)(F)F)SN3)cc1-c1ccc(Cl)cc1. The smallest absolute Gasteiger partial charge is 0.267 e. The molecule has 2 heterocycles. The van der Waals surface area contributed by atoms with E-state index >= 15 is 0 Å². The molecule has 2 bridgehead atoms. The fraction of sp³-hybridized carbons (Fsp3) is 0.423. The summed E-state index contributed by atoms with van der Waals surface area (Å²) >= 11 is 7.20. The van der Waals surface area contributed by atoms with Crippen molar-refractivity contribution in [3.8, 4) is 22.5 Å². The first-order chi connectivity index (χ1) is 16.7. The minimum absolute atomic E-state index is 0.262. The standard InChI is InChI=1S/C26H26ClF3N4S/c1-33-24(16-4-8-22(27)9-5-16)13-23(31-33)18-3-2-17-11-20-6-7-21(12-19(17)10-18)25(20)14-34(35-32-25)15-26(28,29)30/h2-5,8-10,13,20-21,32H,6-7,11-12,14-15H2,1H3/t20-,21+,25+/m0/s1. The van der Waals surface area contributed by atoms with Crippen LogP contribution < -0.4 is 4.72 Å². The molecule has 2 aliphatic carbocycles. The second-order valence-electron chi connectivity index (χ2n) is 10.1. The number of alkyl halides is 3. The van der Waals surface area contributed by atoms with E-state index in [1.807, 2.05) is 36.0 Å². The summed E-state index contributed by atoms with van der Waals surface area (Å²) in [6.07, 6.45) is -0.298. The second-order valence-corrected chi connectivity index (χ2v) is 11.4. The van der Waals surface area contributed by atoms with Gasteiger partial charge in [0.25, 0.3) is 0 Å². The summed E-state index contributed by atoms with van der Waals surface area (Å²) in [6.45, 7) is -0.434. The monoisotopic (exact) mass is 518 g/mol. The lowest BCUT2D eigenvalue weighted by Gasteiger charge is -2.34. The molecule has 35 heavy (non-hydrogen) atoms. The Kier molecular flexibility index (Phi) is 5.71. The minimum atomic E-state index is -4.19. The number of nitrogens with one attached hydrogen (secondary N) is 1. The van der Waals surface area contributed by atoms with Gasteiger partial charge in [-0.1, -0.05) is 35.9 Å². The Balaban J connectivity index is 1.27.